The molecule has 10 nitrogen and oxygen atoms in total. The van der Waals surface area contributed by atoms with E-state index in [9.17, 15) is 19.5 Å². The highest BCUT2D eigenvalue weighted by atomic mass is 16.6. The van der Waals surface area contributed by atoms with Crippen LogP contribution < -0.4 is 5.32 Å². The summed E-state index contributed by atoms with van der Waals surface area (Å²) in [5.74, 6) is -1.15. The molecule has 0 bridgehead atoms. The van der Waals surface area contributed by atoms with E-state index in [2.05, 4.69) is 34.7 Å². The molecule has 2 atom stereocenters. The van der Waals surface area contributed by atoms with Gasteiger partial charge >= 0.3 is 18.2 Å². The Hall–Kier alpha value is -4.34. The van der Waals surface area contributed by atoms with Crippen LogP contribution in [0.4, 0.5) is 9.59 Å². The van der Waals surface area contributed by atoms with Crippen LogP contribution in [-0.4, -0.2) is 57.6 Å². The molecule has 0 spiro atoms. The molecule has 0 saturated heterocycles. The molecule has 2 aliphatic rings. The van der Waals surface area contributed by atoms with Gasteiger partial charge < -0.3 is 24.4 Å². The zero-order chi connectivity index (χ0) is 29.1. The summed E-state index contributed by atoms with van der Waals surface area (Å²) in [5, 5.41) is 15.8. The molecule has 1 saturated carbocycles. The Bertz CT molecular complexity index is 1380. The van der Waals surface area contributed by atoms with Gasteiger partial charge in [0.1, 0.15) is 12.2 Å². The lowest BCUT2D eigenvalue weighted by Crippen LogP contribution is -2.55. The SMILES string of the molecule is CC(C)(C)OC(=O)N[C@@H]1CCCC[C@H]1N(Cc1cc(C(=O)O)no1)C(=O)OCC1c2ccccc2-c2ccccc21. The molecule has 0 unspecified atom stereocenters. The van der Waals surface area contributed by atoms with Gasteiger partial charge in [0.15, 0.2) is 11.5 Å². The highest BCUT2D eigenvalue weighted by molar-refractivity contribution is 5.85. The molecule has 41 heavy (non-hydrogen) atoms. The molecular formula is C31H35N3O7. The van der Waals surface area contributed by atoms with E-state index >= 15 is 0 Å². The number of ether oxygens (including phenoxy) is 2. The molecule has 1 fully saturated rings. The molecule has 0 aliphatic heterocycles. The quantitative estimate of drug-likeness (QED) is 0.361. The minimum Gasteiger partial charge on any atom is -0.476 e. The van der Waals surface area contributed by atoms with Crippen LogP contribution in [0.2, 0.25) is 0 Å². The number of carboxylic acids is 1. The number of nitrogens with zero attached hydrogens (tertiary/aromatic N) is 2. The molecule has 1 heterocycles. The van der Waals surface area contributed by atoms with E-state index < -0.39 is 29.8 Å². The van der Waals surface area contributed by atoms with E-state index in [0.29, 0.717) is 12.8 Å². The van der Waals surface area contributed by atoms with Crippen molar-refractivity contribution >= 4 is 18.2 Å². The maximum atomic E-state index is 13.8. The predicted molar refractivity (Wildman–Crippen MR) is 149 cm³/mol. The van der Waals surface area contributed by atoms with Gasteiger partial charge in [-0.3, -0.25) is 4.90 Å². The molecule has 0 radical (unpaired) electrons. The second kappa shape index (κ2) is 11.6. The number of aromatic carboxylic acids is 1. The average Bonchev–Trinajstić information content (AvgIpc) is 3.53. The number of carboxylic acid groups (broad SMARTS) is 1. The lowest BCUT2D eigenvalue weighted by molar-refractivity contribution is 0.0353. The van der Waals surface area contributed by atoms with E-state index in [4.69, 9.17) is 14.0 Å². The van der Waals surface area contributed by atoms with Crippen LogP contribution in [0.25, 0.3) is 11.1 Å². The number of hydrogen-bond donors (Lipinski definition) is 2. The largest absolute Gasteiger partial charge is 0.476 e. The van der Waals surface area contributed by atoms with Gasteiger partial charge in [0, 0.05) is 12.0 Å². The van der Waals surface area contributed by atoms with Crippen molar-refractivity contribution in [3.63, 3.8) is 0 Å². The molecule has 10 heteroatoms. The van der Waals surface area contributed by atoms with Crippen LogP contribution in [-0.2, 0) is 16.0 Å². The number of amides is 2. The topological polar surface area (TPSA) is 131 Å². The van der Waals surface area contributed by atoms with Gasteiger partial charge in [-0.1, -0.05) is 66.5 Å². The van der Waals surface area contributed by atoms with Gasteiger partial charge in [0.2, 0.25) is 0 Å². The van der Waals surface area contributed by atoms with Crippen LogP contribution in [0.15, 0.2) is 59.1 Å². The van der Waals surface area contributed by atoms with E-state index in [1.807, 2.05) is 24.3 Å². The first-order valence-electron chi connectivity index (χ1n) is 13.9. The van der Waals surface area contributed by atoms with Gasteiger partial charge in [-0.15, -0.1) is 0 Å². The Morgan fingerprint density at radius 2 is 1.66 bits per heavy atom. The van der Waals surface area contributed by atoms with Crippen LogP contribution in [0, 0.1) is 0 Å². The Kier molecular flexibility index (Phi) is 8.01. The lowest BCUT2D eigenvalue weighted by atomic mass is 9.89. The summed E-state index contributed by atoms with van der Waals surface area (Å²) in [5.41, 5.74) is 3.51. The van der Waals surface area contributed by atoms with Crippen molar-refractivity contribution in [2.45, 2.75) is 76.6 Å². The van der Waals surface area contributed by atoms with E-state index in [0.717, 1.165) is 35.1 Å². The molecule has 2 aromatic carbocycles. The van der Waals surface area contributed by atoms with Gasteiger partial charge in [-0.25, -0.2) is 14.4 Å². The summed E-state index contributed by atoms with van der Waals surface area (Å²) >= 11 is 0. The van der Waals surface area contributed by atoms with Crippen LogP contribution in [0.5, 0.6) is 0 Å². The predicted octanol–water partition coefficient (Wildman–Crippen LogP) is 5.96. The van der Waals surface area contributed by atoms with Crippen molar-refractivity contribution in [1.82, 2.24) is 15.4 Å². The summed E-state index contributed by atoms with van der Waals surface area (Å²) in [7, 11) is 0. The fourth-order valence-corrected chi connectivity index (χ4v) is 5.76. The van der Waals surface area contributed by atoms with Crippen molar-refractivity contribution in [3.8, 4) is 11.1 Å². The fraction of sp³-hybridized carbons (Fsp3) is 0.419. The molecule has 2 N–H and O–H groups in total. The summed E-state index contributed by atoms with van der Waals surface area (Å²) in [6.07, 6.45) is 1.85. The van der Waals surface area contributed by atoms with Gasteiger partial charge in [-0.2, -0.15) is 0 Å². The summed E-state index contributed by atoms with van der Waals surface area (Å²) in [6, 6.07) is 16.7. The van der Waals surface area contributed by atoms with Gasteiger partial charge in [0.25, 0.3) is 0 Å². The van der Waals surface area contributed by atoms with Crippen molar-refractivity contribution in [1.29, 1.82) is 0 Å². The third-order valence-corrected chi connectivity index (χ3v) is 7.51. The maximum absolute atomic E-state index is 13.8. The highest BCUT2D eigenvalue weighted by Gasteiger charge is 2.37. The normalized spacial score (nSPS) is 18.2. The minimum atomic E-state index is -1.23. The Morgan fingerprint density at radius 3 is 2.27 bits per heavy atom. The second-order valence-corrected chi connectivity index (χ2v) is 11.5. The third-order valence-electron chi connectivity index (χ3n) is 7.51. The monoisotopic (exact) mass is 561 g/mol. The number of nitrogens with one attached hydrogen (secondary N) is 1. The lowest BCUT2D eigenvalue weighted by Gasteiger charge is -2.39. The fourth-order valence-electron chi connectivity index (χ4n) is 5.76. The zero-order valence-corrected chi connectivity index (χ0v) is 23.5. The third kappa shape index (κ3) is 6.37. The molecule has 1 aromatic heterocycles. The first-order chi connectivity index (χ1) is 19.6. The number of benzene rings is 2. The molecule has 5 rings (SSSR count). The number of carbonyl (C=O) groups is 3. The summed E-state index contributed by atoms with van der Waals surface area (Å²) < 4.78 is 16.7. The number of carbonyl (C=O) groups excluding carboxylic acids is 2. The van der Waals surface area contributed by atoms with Crippen LogP contribution >= 0.6 is 0 Å². The number of aromatic nitrogens is 1. The molecule has 216 valence electrons. The molecule has 2 amide bonds. The van der Waals surface area contributed by atoms with Gasteiger partial charge in [0.05, 0.1) is 18.6 Å². The van der Waals surface area contributed by atoms with Crippen molar-refractivity contribution in [2.75, 3.05) is 6.61 Å². The Balaban J connectivity index is 1.38. The van der Waals surface area contributed by atoms with E-state index in [-0.39, 0.29) is 36.6 Å². The number of fused-ring (bicyclic) bond motifs is 3. The van der Waals surface area contributed by atoms with Crippen molar-refractivity contribution < 1.29 is 33.5 Å². The van der Waals surface area contributed by atoms with Gasteiger partial charge in [-0.05, 0) is 55.9 Å². The van der Waals surface area contributed by atoms with Crippen molar-refractivity contribution in [2.24, 2.45) is 0 Å². The highest BCUT2D eigenvalue weighted by Crippen LogP contribution is 2.44. The minimum absolute atomic E-state index is 0.0614. The summed E-state index contributed by atoms with van der Waals surface area (Å²) in [6.45, 7) is 5.43. The maximum Gasteiger partial charge on any atom is 0.410 e. The van der Waals surface area contributed by atoms with Crippen molar-refractivity contribution in [3.05, 3.63) is 77.2 Å². The van der Waals surface area contributed by atoms with Crippen LogP contribution in [0.1, 0.15) is 79.7 Å². The van der Waals surface area contributed by atoms with E-state index in [1.54, 1.807) is 20.8 Å². The average molecular weight is 562 g/mol. The molecule has 3 aromatic rings. The first-order valence-corrected chi connectivity index (χ1v) is 13.9. The standard InChI is InChI=1S/C31H35N3O7/c1-31(2,3)40-29(37)32-25-14-8-9-15-27(25)34(17-19-16-26(28(35)36)33-41-19)30(38)39-18-24-22-12-6-4-10-20(22)21-11-5-7-13-23(21)24/h4-7,10-13,16,24-25,27H,8-9,14-15,17-18H2,1-3H3,(H,32,37)(H,35,36)/t25-,27-/m1/s1. The first kappa shape index (κ1) is 28.2. The Labute approximate surface area is 238 Å². The second-order valence-electron chi connectivity index (χ2n) is 11.5. The Morgan fingerprint density at radius 1 is 1.02 bits per heavy atom. The van der Waals surface area contributed by atoms with E-state index in [1.165, 1.54) is 11.0 Å². The molecule has 2 aliphatic carbocycles. The number of rotatable bonds is 7. The zero-order valence-electron chi connectivity index (χ0n) is 23.5. The smallest absolute Gasteiger partial charge is 0.410 e. The summed E-state index contributed by atoms with van der Waals surface area (Å²) in [4.78, 5) is 39.4. The molecular weight excluding hydrogens is 526 g/mol. The van der Waals surface area contributed by atoms with Crippen LogP contribution in [0.3, 0.4) is 0 Å². The number of alkyl carbamates (subject to hydrolysis) is 1. The number of hydrogen-bond acceptors (Lipinski definition) is 7.